The number of benzene rings is 1. The molecule has 1 saturated carbocycles. The zero-order chi connectivity index (χ0) is 24.7. The lowest BCUT2D eigenvalue weighted by Crippen LogP contribution is -2.41. The summed E-state index contributed by atoms with van der Waals surface area (Å²) in [4.78, 5) is 29.2. The van der Waals surface area contributed by atoms with E-state index in [2.05, 4.69) is 20.8 Å². The number of rotatable bonds is 7. The Morgan fingerprint density at radius 1 is 1.14 bits per heavy atom. The Morgan fingerprint density at radius 2 is 1.97 bits per heavy atom. The first-order valence-corrected chi connectivity index (χ1v) is 12.5. The smallest absolute Gasteiger partial charge is 0.290 e. The highest BCUT2D eigenvalue weighted by atomic mass is 16.5. The molecule has 7 nitrogen and oxygen atoms in total. The summed E-state index contributed by atoms with van der Waals surface area (Å²) in [5.41, 5.74) is 1.23. The Bertz CT molecular complexity index is 1130. The van der Waals surface area contributed by atoms with Crippen molar-refractivity contribution < 1.29 is 28.2 Å². The van der Waals surface area contributed by atoms with Crippen molar-refractivity contribution in [2.24, 2.45) is 17.8 Å². The number of amides is 1. The van der Waals surface area contributed by atoms with Crippen molar-refractivity contribution in [3.8, 4) is 11.5 Å². The summed E-state index contributed by atoms with van der Waals surface area (Å²) in [7, 11) is 1.59. The number of fused-ring (bicyclic) bond motifs is 1. The van der Waals surface area contributed by atoms with Crippen molar-refractivity contribution in [1.29, 1.82) is 0 Å². The minimum absolute atomic E-state index is 0.0298. The van der Waals surface area contributed by atoms with Gasteiger partial charge in [-0.05, 0) is 60.9 Å². The predicted molar refractivity (Wildman–Crippen MR) is 129 cm³/mol. The normalized spacial score (nSPS) is 26.0. The van der Waals surface area contributed by atoms with Gasteiger partial charge in [-0.15, -0.1) is 0 Å². The van der Waals surface area contributed by atoms with E-state index in [4.69, 9.17) is 18.6 Å². The van der Waals surface area contributed by atoms with E-state index >= 15 is 0 Å². The van der Waals surface area contributed by atoms with E-state index in [1.54, 1.807) is 24.3 Å². The highest BCUT2D eigenvalue weighted by Gasteiger charge is 2.52. The van der Waals surface area contributed by atoms with Crippen molar-refractivity contribution in [1.82, 2.24) is 4.90 Å². The van der Waals surface area contributed by atoms with Gasteiger partial charge in [0.1, 0.15) is 11.9 Å². The van der Waals surface area contributed by atoms with Gasteiger partial charge in [0, 0.05) is 0 Å². The lowest BCUT2D eigenvalue weighted by Gasteiger charge is -2.37. The number of Topliss-reactive ketones (excluding diaryl/α,β-unsaturated/α-hetero) is 1. The van der Waals surface area contributed by atoms with Crippen LogP contribution in [0.4, 0.5) is 0 Å². The Balaban J connectivity index is 1.55. The van der Waals surface area contributed by atoms with E-state index in [1.807, 2.05) is 24.3 Å². The molecule has 0 spiro atoms. The summed E-state index contributed by atoms with van der Waals surface area (Å²) in [6.45, 7) is 7.14. The van der Waals surface area contributed by atoms with Crippen LogP contribution in [-0.4, -0.2) is 36.4 Å². The van der Waals surface area contributed by atoms with Gasteiger partial charge in [0.2, 0.25) is 0 Å². The van der Waals surface area contributed by atoms with Crippen LogP contribution in [0.2, 0.25) is 0 Å². The Labute approximate surface area is 206 Å². The molecule has 0 bridgehead atoms. The van der Waals surface area contributed by atoms with Gasteiger partial charge in [-0.1, -0.05) is 26.8 Å². The summed E-state index contributed by atoms with van der Waals surface area (Å²) in [6, 6.07) is 8.66. The van der Waals surface area contributed by atoms with E-state index in [0.29, 0.717) is 41.3 Å². The quantitative estimate of drug-likeness (QED) is 0.552. The topological polar surface area (TPSA) is 78.2 Å². The molecule has 2 aromatic rings. The van der Waals surface area contributed by atoms with Crippen LogP contribution in [0.5, 0.6) is 11.5 Å². The van der Waals surface area contributed by atoms with Gasteiger partial charge < -0.3 is 23.5 Å². The van der Waals surface area contributed by atoms with E-state index in [-0.39, 0.29) is 36.0 Å². The molecule has 3 heterocycles. The Kier molecular flexibility index (Phi) is 6.34. The third-order valence-corrected chi connectivity index (χ3v) is 7.19. The second-order valence-electron chi connectivity index (χ2n) is 10.3. The maximum Gasteiger partial charge on any atom is 0.290 e. The molecule has 1 fully saturated rings. The number of furan rings is 1. The fourth-order valence-corrected chi connectivity index (χ4v) is 5.43. The van der Waals surface area contributed by atoms with Gasteiger partial charge in [0.25, 0.3) is 5.91 Å². The molecule has 3 aliphatic rings. The van der Waals surface area contributed by atoms with Crippen LogP contribution < -0.4 is 9.47 Å². The molecule has 186 valence electrons. The Morgan fingerprint density at radius 3 is 2.69 bits per heavy atom. The first kappa shape index (κ1) is 23.5. The second-order valence-corrected chi connectivity index (χ2v) is 10.3. The van der Waals surface area contributed by atoms with Crippen LogP contribution in [-0.2, 0) is 20.9 Å². The minimum atomic E-state index is -0.582. The molecule has 1 aromatic heterocycles. The zero-order valence-corrected chi connectivity index (χ0v) is 20.8. The largest absolute Gasteiger partial charge is 0.493 e. The highest BCUT2D eigenvalue weighted by Crippen LogP contribution is 2.49. The molecule has 35 heavy (non-hydrogen) atoms. The number of hydrogen-bond donors (Lipinski definition) is 0. The summed E-state index contributed by atoms with van der Waals surface area (Å²) >= 11 is 0. The monoisotopic (exact) mass is 479 g/mol. The zero-order valence-electron chi connectivity index (χ0n) is 20.8. The molecule has 1 aliphatic carbocycles. The van der Waals surface area contributed by atoms with Crippen molar-refractivity contribution >= 4 is 11.7 Å². The molecule has 5 rings (SSSR count). The first-order chi connectivity index (χ1) is 16.9. The lowest BCUT2D eigenvalue weighted by atomic mass is 9.74. The SMILES string of the molecule is COc1cc(C2C3=C(OC4CCC(C)CC4C3=O)C(=O)N2Cc2ccco2)ccc1OCC(C)C. The summed E-state index contributed by atoms with van der Waals surface area (Å²) < 4.78 is 23.4. The number of carbonyl (C=O) groups is 2. The molecule has 0 radical (unpaired) electrons. The Hall–Kier alpha value is -3.22. The number of nitrogens with zero attached hydrogens (tertiary/aromatic N) is 1. The molecule has 1 amide bonds. The average Bonchev–Trinajstić information content (AvgIpc) is 3.45. The van der Waals surface area contributed by atoms with E-state index in [1.165, 1.54) is 0 Å². The van der Waals surface area contributed by atoms with E-state index < -0.39 is 6.04 Å². The van der Waals surface area contributed by atoms with Crippen molar-refractivity contribution in [3.05, 3.63) is 59.3 Å². The molecular weight excluding hydrogens is 446 g/mol. The number of methoxy groups -OCH3 is 1. The maximum absolute atomic E-state index is 13.9. The van der Waals surface area contributed by atoms with Gasteiger partial charge in [0.05, 0.1) is 44.1 Å². The molecular formula is C28H33NO6. The molecule has 0 saturated heterocycles. The van der Waals surface area contributed by atoms with Gasteiger partial charge in [-0.3, -0.25) is 9.59 Å². The van der Waals surface area contributed by atoms with Gasteiger partial charge >= 0.3 is 0 Å². The molecule has 4 unspecified atom stereocenters. The number of ketones is 1. The van der Waals surface area contributed by atoms with Crippen LogP contribution in [0, 0.1) is 17.8 Å². The van der Waals surface area contributed by atoms with Crippen LogP contribution in [0.1, 0.15) is 57.4 Å². The number of carbonyl (C=O) groups excluding carboxylic acids is 2. The third kappa shape index (κ3) is 4.32. The fraction of sp³-hybridized carbons (Fsp3) is 0.500. The molecule has 7 heteroatoms. The highest BCUT2D eigenvalue weighted by molar-refractivity contribution is 6.11. The molecule has 1 aromatic carbocycles. The second kappa shape index (κ2) is 9.44. The first-order valence-electron chi connectivity index (χ1n) is 12.5. The standard InChI is InChI=1S/C28H33NO6/c1-16(2)15-34-22-10-8-18(13-23(22)32-4)25-24-26(30)20-12-17(3)7-9-21(20)35-27(24)28(31)29(25)14-19-6-5-11-33-19/h5-6,8,10-11,13,16-17,20-21,25H,7,9,12,14-15H2,1-4H3. The summed E-state index contributed by atoms with van der Waals surface area (Å²) in [6.07, 6.45) is 3.93. The molecule has 0 N–H and O–H groups in total. The van der Waals surface area contributed by atoms with Gasteiger partial charge in [-0.2, -0.15) is 0 Å². The summed E-state index contributed by atoms with van der Waals surface area (Å²) in [5, 5.41) is 0. The number of hydrogen-bond acceptors (Lipinski definition) is 6. The van der Waals surface area contributed by atoms with Crippen LogP contribution in [0.15, 0.2) is 52.3 Å². The maximum atomic E-state index is 13.9. The minimum Gasteiger partial charge on any atom is -0.493 e. The van der Waals surface area contributed by atoms with Gasteiger partial charge in [0.15, 0.2) is 23.0 Å². The molecule has 2 aliphatic heterocycles. The molecule has 4 atom stereocenters. The van der Waals surface area contributed by atoms with Crippen molar-refractivity contribution in [2.75, 3.05) is 13.7 Å². The van der Waals surface area contributed by atoms with E-state index in [9.17, 15) is 9.59 Å². The van der Waals surface area contributed by atoms with Crippen LogP contribution in [0.25, 0.3) is 0 Å². The van der Waals surface area contributed by atoms with E-state index in [0.717, 1.165) is 24.8 Å². The van der Waals surface area contributed by atoms with Crippen molar-refractivity contribution in [3.63, 3.8) is 0 Å². The fourth-order valence-electron chi connectivity index (χ4n) is 5.43. The van der Waals surface area contributed by atoms with Crippen LogP contribution in [0.3, 0.4) is 0 Å². The average molecular weight is 480 g/mol. The van der Waals surface area contributed by atoms with Crippen molar-refractivity contribution in [2.45, 2.75) is 58.7 Å². The van der Waals surface area contributed by atoms with Crippen LogP contribution >= 0.6 is 0 Å². The summed E-state index contributed by atoms with van der Waals surface area (Å²) in [5.74, 6) is 2.40. The lowest BCUT2D eigenvalue weighted by molar-refractivity contribution is -0.136. The third-order valence-electron chi connectivity index (χ3n) is 7.19. The van der Waals surface area contributed by atoms with Gasteiger partial charge in [-0.25, -0.2) is 0 Å². The predicted octanol–water partition coefficient (Wildman–Crippen LogP) is 5.06. The number of ether oxygens (including phenoxy) is 3.